The number of nitrogens with one attached hydrogen (secondary N) is 7. The van der Waals surface area contributed by atoms with Crippen molar-refractivity contribution >= 4 is 70.2 Å². The highest BCUT2D eigenvalue weighted by Gasteiger charge is 2.46. The number of halogens is 1. The molecule has 0 spiro atoms. The van der Waals surface area contributed by atoms with Crippen LogP contribution in [-0.4, -0.2) is 129 Å². The Morgan fingerprint density at radius 1 is 0.812 bits per heavy atom. The van der Waals surface area contributed by atoms with Crippen LogP contribution >= 0.6 is 0 Å². The van der Waals surface area contributed by atoms with Crippen LogP contribution in [0.3, 0.4) is 0 Å². The Hall–Kier alpha value is -8.87. The third kappa shape index (κ3) is 14.7. The molecule has 5 heterocycles. The number of fused-ring (bicyclic) bond motifs is 5. The van der Waals surface area contributed by atoms with Gasteiger partial charge in [-0.3, -0.25) is 48.1 Å². The van der Waals surface area contributed by atoms with Crippen molar-refractivity contribution in [1.82, 2.24) is 51.7 Å². The fourth-order valence-electron chi connectivity index (χ4n) is 11.0. The van der Waals surface area contributed by atoms with Gasteiger partial charge in [-0.2, -0.15) is 0 Å². The normalized spacial score (nSPS) is 17.2. The molecule has 0 saturated carbocycles. The Labute approximate surface area is 488 Å². The van der Waals surface area contributed by atoms with Crippen LogP contribution in [0, 0.1) is 12.7 Å². The van der Waals surface area contributed by atoms with E-state index in [2.05, 4.69) is 37.2 Å². The monoisotopic (exact) mass is 1170 g/mol. The first kappa shape index (κ1) is 62.2. The molecule has 8 N–H and O–H groups in total. The molecular weight excluding hydrogens is 1100 g/mol. The van der Waals surface area contributed by atoms with Gasteiger partial charge in [-0.05, 0) is 107 Å². The summed E-state index contributed by atoms with van der Waals surface area (Å²) in [6.07, 6.45) is 4.73. The van der Waals surface area contributed by atoms with Crippen LogP contribution < -0.4 is 42.8 Å². The van der Waals surface area contributed by atoms with Crippen molar-refractivity contribution in [2.45, 2.75) is 148 Å². The summed E-state index contributed by atoms with van der Waals surface area (Å²) in [5.74, 6) is -6.18. The van der Waals surface area contributed by atoms with Gasteiger partial charge in [0.25, 0.3) is 17.4 Å². The van der Waals surface area contributed by atoms with E-state index in [0.29, 0.717) is 89.5 Å². The Balaban J connectivity index is 0.869. The number of aryl methyl sites for hydroxylation is 1. The van der Waals surface area contributed by atoms with Gasteiger partial charge < -0.3 is 56.4 Å². The molecule has 24 nitrogen and oxygen atoms in total. The fourth-order valence-corrected chi connectivity index (χ4v) is 11.0. The number of carbonyl (C=O) groups excluding carboxylic acids is 10. The number of ether oxygens (including phenoxy) is 2. The first-order valence-electron chi connectivity index (χ1n) is 28.5. The van der Waals surface area contributed by atoms with E-state index in [1.807, 2.05) is 0 Å². The Kier molecular flexibility index (Phi) is 19.6. The molecule has 2 aromatic heterocycles. The van der Waals surface area contributed by atoms with E-state index in [9.17, 15) is 57.8 Å². The minimum Gasteiger partial charge on any atom is -0.458 e. The lowest BCUT2D eigenvalue weighted by Crippen LogP contribution is -2.53. The van der Waals surface area contributed by atoms with Gasteiger partial charge in [-0.15, -0.1) is 0 Å². The van der Waals surface area contributed by atoms with Crippen LogP contribution in [0.2, 0.25) is 0 Å². The number of hydrogen-bond acceptors (Lipinski definition) is 15. The first-order valence-corrected chi connectivity index (χ1v) is 28.5. The van der Waals surface area contributed by atoms with E-state index in [-0.39, 0.29) is 68.6 Å². The molecule has 0 saturated heterocycles. The van der Waals surface area contributed by atoms with E-state index in [1.165, 1.54) is 22.8 Å². The van der Waals surface area contributed by atoms with E-state index in [1.54, 1.807) is 71.0 Å². The van der Waals surface area contributed by atoms with Gasteiger partial charge in [0.15, 0.2) is 5.60 Å². The Morgan fingerprint density at radius 3 is 2.20 bits per heavy atom. The summed E-state index contributed by atoms with van der Waals surface area (Å²) in [6, 6.07) is 8.56. The molecule has 0 radical (unpaired) electrons. The molecule has 4 atom stereocenters. The number of aromatic nitrogens is 2. The van der Waals surface area contributed by atoms with Crippen LogP contribution in [-0.2, 0) is 84.2 Å². The van der Waals surface area contributed by atoms with Crippen molar-refractivity contribution in [3.63, 3.8) is 0 Å². The zero-order valence-electron chi connectivity index (χ0n) is 48.1. The third-order valence-electron chi connectivity index (χ3n) is 15.4. The number of cyclic esters (lactones) is 1. The molecule has 452 valence electrons. The SMILES string of the molecule is CC[C@@]1(O)C(=O)OCc2c1cc1n(c2=O)Cc2c-1nc1cc(F)c(C)c3c1c2[C@@H](NC(=O)CNC(=O)[C@H](Cc1ccccc1)NC(=O)CNC(=O)CNC(=O)[C@H](CCCCNC(=O)OC(C)(C)C)NC(=O)CCCCCN1C(=O)C=CC1=O)CC3. The largest absolute Gasteiger partial charge is 0.458 e. The second kappa shape index (κ2) is 26.8. The lowest BCUT2D eigenvalue weighted by molar-refractivity contribution is -0.172. The van der Waals surface area contributed by atoms with Gasteiger partial charge >= 0.3 is 12.1 Å². The summed E-state index contributed by atoms with van der Waals surface area (Å²) in [5.41, 5.74) is 0.808. The zero-order valence-corrected chi connectivity index (χ0v) is 48.1. The van der Waals surface area contributed by atoms with Crippen LogP contribution in [0.15, 0.2) is 59.4 Å². The maximum absolute atomic E-state index is 15.5. The van der Waals surface area contributed by atoms with Crippen LogP contribution in [0.1, 0.15) is 130 Å². The Morgan fingerprint density at radius 2 is 1.49 bits per heavy atom. The van der Waals surface area contributed by atoms with Gasteiger partial charge in [0.05, 0.1) is 54.7 Å². The smallest absolute Gasteiger partial charge is 0.407 e. The summed E-state index contributed by atoms with van der Waals surface area (Å²) in [7, 11) is 0. The summed E-state index contributed by atoms with van der Waals surface area (Å²) >= 11 is 0. The number of pyridine rings is 2. The van der Waals surface area contributed by atoms with Crippen molar-refractivity contribution in [3.8, 4) is 11.4 Å². The summed E-state index contributed by atoms with van der Waals surface area (Å²) < 4.78 is 27.5. The minimum atomic E-state index is -2.08. The number of imide groups is 1. The number of amides is 9. The number of benzene rings is 2. The third-order valence-corrected chi connectivity index (χ3v) is 15.4. The van der Waals surface area contributed by atoms with Crippen molar-refractivity contribution < 1.29 is 66.9 Å². The van der Waals surface area contributed by atoms with Crippen LogP contribution in [0.5, 0.6) is 0 Å². The molecule has 2 aromatic carbocycles. The van der Waals surface area contributed by atoms with E-state index >= 15 is 4.39 Å². The van der Waals surface area contributed by atoms with Gasteiger partial charge in [0.1, 0.15) is 30.1 Å². The molecule has 25 heteroatoms. The highest BCUT2D eigenvalue weighted by molar-refractivity contribution is 6.12. The minimum absolute atomic E-state index is 0.0116. The predicted molar refractivity (Wildman–Crippen MR) is 304 cm³/mol. The summed E-state index contributed by atoms with van der Waals surface area (Å²) in [5, 5.41) is 30.6. The number of carbonyl (C=O) groups is 10. The molecule has 0 bridgehead atoms. The van der Waals surface area contributed by atoms with Gasteiger partial charge in [-0.25, -0.2) is 19.0 Å². The molecule has 0 unspecified atom stereocenters. The molecule has 1 aliphatic carbocycles. The van der Waals surface area contributed by atoms with Crippen LogP contribution in [0.4, 0.5) is 9.18 Å². The van der Waals surface area contributed by atoms with Gasteiger partial charge in [-0.1, -0.05) is 43.7 Å². The lowest BCUT2D eigenvalue weighted by atomic mass is 9.81. The molecular formula is C60H71FN10O14. The lowest BCUT2D eigenvalue weighted by Gasteiger charge is -2.31. The highest BCUT2D eigenvalue weighted by atomic mass is 19.1. The topological polar surface area (TPSA) is 332 Å². The average Bonchev–Trinajstić information content (AvgIpc) is 1.79. The van der Waals surface area contributed by atoms with Crippen molar-refractivity contribution in [2.24, 2.45) is 0 Å². The van der Waals surface area contributed by atoms with Gasteiger partial charge in [0.2, 0.25) is 35.4 Å². The quantitative estimate of drug-likeness (QED) is 0.0236. The molecule has 0 fully saturated rings. The number of unbranched alkanes of at least 4 members (excludes halogenated alkanes) is 3. The zero-order chi connectivity index (χ0) is 61.3. The predicted octanol–water partition coefficient (Wildman–Crippen LogP) is 2.37. The maximum atomic E-state index is 15.5. The van der Waals surface area contributed by atoms with Gasteiger partial charge in [0, 0.05) is 60.7 Å². The molecule has 85 heavy (non-hydrogen) atoms. The van der Waals surface area contributed by atoms with Crippen molar-refractivity contribution in [1.29, 1.82) is 0 Å². The molecule has 8 rings (SSSR count). The standard InChI is InChI=1S/C60H71FN10O14/c1-6-60(83)38-26-44-53-36(31-71(44)56(80)37(38)32-84-57(60)81)52-40(20-19-35-33(2)39(61)27-42(69-53)51(35)52)66-48(75)30-65-55(79)43(25-34-15-9-7-10-16-34)68-47(74)29-63-46(73)28-64-54(78)41(17-12-13-23-62-58(82)85-59(3,4)5)67-45(72)18-11-8-14-24-70-49(76)21-22-50(70)77/h7,9-10,15-16,21-22,26-27,40-41,43,83H,6,8,11-14,17-20,23-25,28-32H2,1-5H3,(H,62,82)(H,63,73)(H,64,78)(H,65,79)(H,66,75)(H,67,72)(H,68,74)/t40-,41-,43-,60-/m0/s1. The number of alkyl carbamates (subject to hydrolysis) is 1. The van der Waals surface area contributed by atoms with Crippen molar-refractivity contribution in [2.75, 3.05) is 32.7 Å². The fraction of sp³-hybridized carbons (Fsp3) is 0.467. The summed E-state index contributed by atoms with van der Waals surface area (Å²) in [4.78, 5) is 150. The van der Waals surface area contributed by atoms with Crippen molar-refractivity contribution in [3.05, 3.63) is 110 Å². The number of aliphatic hydroxyl groups is 1. The number of esters is 1. The van der Waals surface area contributed by atoms with Crippen LogP contribution in [0.25, 0.3) is 22.3 Å². The maximum Gasteiger partial charge on any atom is 0.407 e. The molecule has 4 aromatic rings. The average molecular weight is 1180 g/mol. The highest BCUT2D eigenvalue weighted by Crippen LogP contribution is 2.46. The number of rotatable bonds is 25. The summed E-state index contributed by atoms with van der Waals surface area (Å²) in [6.45, 7) is 6.79. The molecule has 3 aliphatic heterocycles. The molecule has 9 amide bonds. The second-order valence-electron chi connectivity index (χ2n) is 22.5. The Bertz CT molecular complexity index is 3410. The van der Waals surface area contributed by atoms with E-state index < -0.39 is 120 Å². The number of nitrogens with zero attached hydrogens (tertiary/aromatic N) is 3. The van der Waals surface area contributed by atoms with E-state index in [0.717, 1.165) is 4.90 Å². The molecule has 4 aliphatic rings. The number of hydrogen-bond donors (Lipinski definition) is 8. The van der Waals surface area contributed by atoms with E-state index in [4.69, 9.17) is 14.5 Å². The first-order chi connectivity index (χ1) is 40.5. The second-order valence-corrected chi connectivity index (χ2v) is 22.5.